The van der Waals surface area contributed by atoms with Crippen molar-refractivity contribution in [3.05, 3.63) is 53.6 Å². The van der Waals surface area contributed by atoms with Crippen molar-refractivity contribution >= 4 is 29.4 Å². The Labute approximate surface area is 229 Å². The summed E-state index contributed by atoms with van der Waals surface area (Å²) >= 11 is 0. The molecule has 39 heavy (non-hydrogen) atoms. The second kappa shape index (κ2) is 13.1. The third-order valence-corrected chi connectivity index (χ3v) is 6.98. The number of amides is 3. The molecule has 0 aromatic heterocycles. The molecule has 2 fully saturated rings. The number of hydrogen-bond acceptors (Lipinski definition) is 6. The summed E-state index contributed by atoms with van der Waals surface area (Å²) in [6.45, 7) is 4.03. The Balaban J connectivity index is 1.57. The number of anilines is 1. The first kappa shape index (κ1) is 27.9. The van der Waals surface area contributed by atoms with Crippen molar-refractivity contribution in [1.29, 1.82) is 0 Å². The first-order chi connectivity index (χ1) is 18.9. The molecule has 2 aromatic carbocycles. The van der Waals surface area contributed by atoms with Crippen molar-refractivity contribution in [2.75, 3.05) is 45.7 Å². The number of aliphatic imine (C=N–C) groups is 1. The average molecular weight is 536 g/mol. The lowest BCUT2D eigenvalue weighted by molar-refractivity contribution is -0.140. The van der Waals surface area contributed by atoms with E-state index in [9.17, 15) is 14.4 Å². The van der Waals surface area contributed by atoms with E-state index < -0.39 is 11.9 Å². The molecule has 4 rings (SSSR count). The van der Waals surface area contributed by atoms with Crippen molar-refractivity contribution in [3.8, 4) is 11.5 Å². The summed E-state index contributed by atoms with van der Waals surface area (Å²) in [5.41, 5.74) is 2.10. The number of benzene rings is 2. The van der Waals surface area contributed by atoms with Crippen molar-refractivity contribution in [1.82, 2.24) is 15.1 Å². The predicted molar refractivity (Wildman–Crippen MR) is 149 cm³/mol. The number of rotatable bonds is 7. The summed E-state index contributed by atoms with van der Waals surface area (Å²) in [6, 6.07) is 11.8. The van der Waals surface area contributed by atoms with Gasteiger partial charge >= 0.3 is 0 Å². The summed E-state index contributed by atoms with van der Waals surface area (Å²) < 4.78 is 10.6. The van der Waals surface area contributed by atoms with Gasteiger partial charge in [0.1, 0.15) is 6.04 Å². The molecule has 2 aromatic rings. The fourth-order valence-electron chi connectivity index (χ4n) is 4.86. The van der Waals surface area contributed by atoms with Gasteiger partial charge in [0.05, 0.1) is 20.8 Å². The van der Waals surface area contributed by atoms with Gasteiger partial charge in [-0.2, -0.15) is 0 Å². The second-order valence-corrected chi connectivity index (χ2v) is 9.86. The van der Waals surface area contributed by atoms with E-state index in [4.69, 9.17) is 14.5 Å². The van der Waals surface area contributed by atoms with Gasteiger partial charge in [-0.05, 0) is 74.9 Å². The normalized spacial score (nSPS) is 18.0. The van der Waals surface area contributed by atoms with E-state index >= 15 is 0 Å². The molecule has 0 unspecified atom stereocenters. The van der Waals surface area contributed by atoms with E-state index in [1.54, 1.807) is 23.1 Å². The number of nitrogens with one attached hydrogen (secondary N) is 2. The van der Waals surface area contributed by atoms with Crippen LogP contribution in [-0.2, 0) is 9.59 Å². The molecule has 0 aliphatic carbocycles. The predicted octanol–water partition coefficient (Wildman–Crippen LogP) is 3.21. The number of aryl methyl sites for hydroxylation is 1. The zero-order valence-corrected chi connectivity index (χ0v) is 22.9. The second-order valence-electron chi connectivity index (χ2n) is 9.86. The molecule has 2 aliphatic heterocycles. The molecule has 10 nitrogen and oxygen atoms in total. The van der Waals surface area contributed by atoms with E-state index in [1.165, 1.54) is 14.2 Å². The molecule has 2 saturated heterocycles. The SMILES string of the molecule is COc1ccc(C(=O)NC(=N[C@H]2CCCCN(CC(=O)N3CCCC3)C2=O)Nc2cccc(C)c2)cc1OC. The molecule has 2 N–H and O–H groups in total. The number of nitrogens with zero attached hydrogens (tertiary/aromatic N) is 3. The van der Waals surface area contributed by atoms with Gasteiger partial charge in [0.2, 0.25) is 17.8 Å². The summed E-state index contributed by atoms with van der Waals surface area (Å²) in [5.74, 6) is 0.443. The van der Waals surface area contributed by atoms with Gasteiger partial charge in [-0.15, -0.1) is 0 Å². The van der Waals surface area contributed by atoms with Crippen LogP contribution in [0.2, 0.25) is 0 Å². The third-order valence-electron chi connectivity index (χ3n) is 6.98. The maximum absolute atomic E-state index is 13.5. The Hall–Kier alpha value is -4.08. The van der Waals surface area contributed by atoms with Crippen LogP contribution in [0.5, 0.6) is 11.5 Å². The van der Waals surface area contributed by atoms with Gasteiger partial charge in [0, 0.05) is 30.9 Å². The van der Waals surface area contributed by atoms with Crippen molar-refractivity contribution in [3.63, 3.8) is 0 Å². The van der Waals surface area contributed by atoms with Gasteiger partial charge < -0.3 is 24.6 Å². The first-order valence-corrected chi connectivity index (χ1v) is 13.4. The first-order valence-electron chi connectivity index (χ1n) is 13.4. The molecule has 208 valence electrons. The van der Waals surface area contributed by atoms with Gasteiger partial charge in [0.25, 0.3) is 5.91 Å². The van der Waals surface area contributed by atoms with Crippen LogP contribution in [-0.4, -0.2) is 79.9 Å². The van der Waals surface area contributed by atoms with Gasteiger partial charge in [0.15, 0.2) is 11.5 Å². The van der Waals surface area contributed by atoms with Crippen LogP contribution in [0.3, 0.4) is 0 Å². The smallest absolute Gasteiger partial charge is 0.258 e. The van der Waals surface area contributed by atoms with Crippen LogP contribution in [0.15, 0.2) is 47.5 Å². The van der Waals surface area contributed by atoms with Gasteiger partial charge in [-0.25, -0.2) is 4.99 Å². The zero-order valence-electron chi connectivity index (χ0n) is 22.9. The lowest BCUT2D eigenvalue weighted by Gasteiger charge is -2.25. The fraction of sp³-hybridized carbons (Fsp3) is 0.448. The summed E-state index contributed by atoms with van der Waals surface area (Å²) in [4.78, 5) is 47.7. The minimum absolute atomic E-state index is 0.0228. The molecule has 0 saturated carbocycles. The molecule has 3 amide bonds. The van der Waals surface area contributed by atoms with Crippen LogP contribution in [0, 0.1) is 6.92 Å². The lowest BCUT2D eigenvalue weighted by atomic mass is 10.1. The van der Waals surface area contributed by atoms with Crippen LogP contribution in [0.25, 0.3) is 0 Å². The van der Waals surface area contributed by atoms with E-state index in [1.807, 2.05) is 36.1 Å². The molecule has 0 spiro atoms. The van der Waals surface area contributed by atoms with Crippen LogP contribution in [0.1, 0.15) is 48.0 Å². The van der Waals surface area contributed by atoms with E-state index in [-0.39, 0.29) is 24.3 Å². The number of ether oxygens (including phenoxy) is 2. The molecule has 1 atom stereocenters. The summed E-state index contributed by atoms with van der Waals surface area (Å²) in [6.07, 6.45) is 4.11. The Morgan fingerprint density at radius 3 is 2.44 bits per heavy atom. The van der Waals surface area contributed by atoms with Crippen LogP contribution < -0.4 is 20.1 Å². The molecular formula is C29H37N5O5. The number of guanidine groups is 1. The third kappa shape index (κ3) is 7.28. The average Bonchev–Trinajstić information content (AvgIpc) is 3.43. The Kier molecular flexibility index (Phi) is 9.40. The maximum Gasteiger partial charge on any atom is 0.258 e. The number of likely N-dealkylation sites (tertiary alicyclic amines) is 2. The topological polar surface area (TPSA) is 113 Å². The maximum atomic E-state index is 13.5. The molecule has 10 heteroatoms. The number of carbonyl (C=O) groups excluding carboxylic acids is 3. The molecule has 0 radical (unpaired) electrons. The molecule has 2 aliphatic rings. The Morgan fingerprint density at radius 1 is 0.974 bits per heavy atom. The minimum Gasteiger partial charge on any atom is -0.493 e. The highest BCUT2D eigenvalue weighted by molar-refractivity contribution is 6.10. The standard InChI is InChI=1S/C29H37N5O5/c1-20-9-8-10-22(17-20)30-29(32-27(36)21-12-13-24(38-2)25(18-21)39-3)31-23-11-4-5-16-34(28(23)37)19-26(35)33-14-6-7-15-33/h8-10,12-13,17-18,23H,4-7,11,14-16,19H2,1-3H3,(H2,30,31,32,36)/t23-/m0/s1. The molecule has 0 bridgehead atoms. The Bertz CT molecular complexity index is 1220. The van der Waals surface area contributed by atoms with Gasteiger partial charge in [-0.3, -0.25) is 19.7 Å². The fourth-order valence-corrected chi connectivity index (χ4v) is 4.86. The quantitative estimate of drug-likeness (QED) is 0.416. The van der Waals surface area contributed by atoms with E-state index in [0.717, 1.165) is 50.0 Å². The highest BCUT2D eigenvalue weighted by Gasteiger charge is 2.30. The van der Waals surface area contributed by atoms with E-state index in [0.29, 0.717) is 30.0 Å². The monoisotopic (exact) mass is 535 g/mol. The number of carbonyl (C=O) groups is 3. The van der Waals surface area contributed by atoms with Crippen molar-refractivity contribution in [2.45, 2.75) is 45.1 Å². The van der Waals surface area contributed by atoms with Crippen LogP contribution >= 0.6 is 0 Å². The number of methoxy groups -OCH3 is 2. The lowest BCUT2D eigenvalue weighted by Crippen LogP contribution is -2.45. The molecular weight excluding hydrogens is 498 g/mol. The highest BCUT2D eigenvalue weighted by Crippen LogP contribution is 2.27. The van der Waals surface area contributed by atoms with Crippen molar-refractivity contribution in [2.24, 2.45) is 4.99 Å². The van der Waals surface area contributed by atoms with Gasteiger partial charge in [-0.1, -0.05) is 12.1 Å². The Morgan fingerprint density at radius 2 is 1.72 bits per heavy atom. The highest BCUT2D eigenvalue weighted by atomic mass is 16.5. The minimum atomic E-state index is -0.725. The van der Waals surface area contributed by atoms with Crippen LogP contribution in [0.4, 0.5) is 5.69 Å². The summed E-state index contributed by atoms with van der Waals surface area (Å²) in [5, 5.41) is 6.01. The van der Waals surface area contributed by atoms with Crippen molar-refractivity contribution < 1.29 is 23.9 Å². The largest absolute Gasteiger partial charge is 0.493 e. The number of hydrogen-bond donors (Lipinski definition) is 2. The van der Waals surface area contributed by atoms with E-state index in [2.05, 4.69) is 10.6 Å². The summed E-state index contributed by atoms with van der Waals surface area (Å²) in [7, 11) is 3.03. The molecule has 2 heterocycles. The zero-order chi connectivity index (χ0) is 27.8.